The molecule has 2 heteroatoms. The van der Waals surface area contributed by atoms with Crippen molar-refractivity contribution in [1.82, 2.24) is 0 Å². The first-order valence-electron chi connectivity index (χ1n) is 10.0. The molecule has 1 aliphatic rings. The molecule has 3 aromatic rings. The van der Waals surface area contributed by atoms with Crippen molar-refractivity contribution < 1.29 is 4.79 Å². The van der Waals surface area contributed by atoms with E-state index in [0.717, 1.165) is 65.4 Å². The first-order chi connectivity index (χ1) is 14.2. The van der Waals surface area contributed by atoms with Crippen molar-refractivity contribution in [1.29, 1.82) is 5.26 Å². The SMILES string of the molecule is Cc1ccc2cc1/C(=C\C=O)c1cccc(c1)CCCc1cc(ccc1C#N)C2. The highest BCUT2D eigenvalue weighted by Gasteiger charge is 2.12. The van der Waals surface area contributed by atoms with E-state index in [1.165, 1.54) is 16.7 Å². The van der Waals surface area contributed by atoms with Gasteiger partial charge in [-0.15, -0.1) is 0 Å². The Bertz CT molecular complexity index is 1150. The Morgan fingerprint density at radius 1 is 0.931 bits per heavy atom. The highest BCUT2D eigenvalue weighted by molar-refractivity contribution is 5.90. The van der Waals surface area contributed by atoms with Gasteiger partial charge in [0.25, 0.3) is 0 Å². The van der Waals surface area contributed by atoms with Crippen LogP contribution in [0, 0.1) is 18.3 Å². The summed E-state index contributed by atoms with van der Waals surface area (Å²) in [4.78, 5) is 11.4. The van der Waals surface area contributed by atoms with Gasteiger partial charge in [-0.1, -0.05) is 54.6 Å². The summed E-state index contributed by atoms with van der Waals surface area (Å²) >= 11 is 0. The van der Waals surface area contributed by atoms with Crippen molar-refractivity contribution in [3.8, 4) is 6.07 Å². The van der Waals surface area contributed by atoms with Crippen LogP contribution in [-0.4, -0.2) is 6.29 Å². The van der Waals surface area contributed by atoms with Gasteiger partial charge in [0.2, 0.25) is 0 Å². The van der Waals surface area contributed by atoms with E-state index in [9.17, 15) is 10.1 Å². The van der Waals surface area contributed by atoms with E-state index in [0.29, 0.717) is 0 Å². The van der Waals surface area contributed by atoms with Crippen molar-refractivity contribution in [3.05, 3.63) is 111 Å². The molecule has 0 saturated carbocycles. The fraction of sp³-hybridized carbons (Fsp3) is 0.185. The topological polar surface area (TPSA) is 40.9 Å². The molecule has 1 aliphatic carbocycles. The van der Waals surface area contributed by atoms with Crippen molar-refractivity contribution in [2.24, 2.45) is 0 Å². The van der Waals surface area contributed by atoms with Crippen molar-refractivity contribution in [2.75, 3.05) is 0 Å². The molecule has 3 aromatic carbocycles. The first kappa shape index (κ1) is 18.9. The van der Waals surface area contributed by atoms with Gasteiger partial charge in [-0.05, 0) is 89.3 Å². The van der Waals surface area contributed by atoms with E-state index in [1.54, 1.807) is 6.08 Å². The lowest BCUT2D eigenvalue weighted by Gasteiger charge is -2.15. The van der Waals surface area contributed by atoms with Gasteiger partial charge >= 0.3 is 0 Å². The van der Waals surface area contributed by atoms with Gasteiger partial charge in [0.15, 0.2) is 0 Å². The van der Waals surface area contributed by atoms with Gasteiger partial charge in [-0.3, -0.25) is 4.79 Å². The Labute approximate surface area is 172 Å². The average molecular weight is 377 g/mol. The fourth-order valence-corrected chi connectivity index (χ4v) is 4.16. The molecule has 0 fully saturated rings. The molecule has 0 N–H and O–H groups in total. The van der Waals surface area contributed by atoms with E-state index in [1.807, 2.05) is 6.07 Å². The number of hydrogen-bond donors (Lipinski definition) is 0. The van der Waals surface area contributed by atoms with Gasteiger partial charge in [0.1, 0.15) is 6.29 Å². The van der Waals surface area contributed by atoms with Gasteiger partial charge < -0.3 is 0 Å². The number of aldehydes is 1. The molecule has 0 unspecified atom stereocenters. The van der Waals surface area contributed by atoms with E-state index in [-0.39, 0.29) is 0 Å². The Morgan fingerprint density at radius 3 is 2.59 bits per heavy atom. The summed E-state index contributed by atoms with van der Waals surface area (Å²) in [6, 6.07) is 23.5. The summed E-state index contributed by atoms with van der Waals surface area (Å²) in [5.41, 5.74) is 9.86. The molecule has 0 radical (unpaired) electrons. The van der Waals surface area contributed by atoms with E-state index < -0.39 is 0 Å². The number of allylic oxidation sites excluding steroid dienone is 1. The molecule has 0 aliphatic heterocycles. The maximum atomic E-state index is 11.4. The average Bonchev–Trinajstić information content (AvgIpc) is 2.73. The largest absolute Gasteiger partial charge is 0.299 e. The number of benzene rings is 3. The minimum absolute atomic E-state index is 0.774. The van der Waals surface area contributed by atoms with Crippen molar-refractivity contribution >= 4 is 11.9 Å². The van der Waals surface area contributed by atoms with Crippen LogP contribution >= 0.6 is 0 Å². The minimum Gasteiger partial charge on any atom is -0.299 e. The zero-order chi connectivity index (χ0) is 20.2. The molecule has 0 atom stereocenters. The van der Waals surface area contributed by atoms with Gasteiger partial charge in [0.05, 0.1) is 11.6 Å². The lowest BCUT2D eigenvalue weighted by atomic mass is 9.89. The highest BCUT2D eigenvalue weighted by atomic mass is 16.1. The second-order valence-corrected chi connectivity index (χ2v) is 7.70. The molecular weight excluding hydrogens is 354 g/mol. The summed E-state index contributed by atoms with van der Waals surface area (Å²) in [5.74, 6) is 0. The molecule has 0 saturated heterocycles. The van der Waals surface area contributed by atoms with Crippen LogP contribution in [-0.2, 0) is 24.1 Å². The van der Waals surface area contributed by atoms with Crippen LogP contribution in [0.5, 0.6) is 0 Å². The van der Waals surface area contributed by atoms with Crippen molar-refractivity contribution in [3.63, 3.8) is 0 Å². The molecule has 0 heterocycles. The van der Waals surface area contributed by atoms with E-state index in [2.05, 4.69) is 67.6 Å². The lowest BCUT2D eigenvalue weighted by molar-refractivity contribution is -0.104. The third kappa shape index (κ3) is 4.05. The van der Waals surface area contributed by atoms with Gasteiger partial charge in [-0.25, -0.2) is 0 Å². The lowest BCUT2D eigenvalue weighted by Crippen LogP contribution is -2.00. The number of nitriles is 1. The Kier molecular flexibility index (Phi) is 5.40. The van der Waals surface area contributed by atoms with E-state index >= 15 is 0 Å². The van der Waals surface area contributed by atoms with Crippen molar-refractivity contribution in [2.45, 2.75) is 32.6 Å². The van der Waals surface area contributed by atoms with Crippen LogP contribution in [0.3, 0.4) is 0 Å². The number of carbonyl (C=O) groups excluding carboxylic acids is 1. The Morgan fingerprint density at radius 2 is 1.76 bits per heavy atom. The van der Waals surface area contributed by atoms with Crippen LogP contribution in [0.15, 0.2) is 66.7 Å². The Hall–Kier alpha value is -3.44. The molecule has 6 bridgehead atoms. The second kappa shape index (κ2) is 8.29. The molecule has 0 amide bonds. The Balaban J connectivity index is 1.90. The minimum atomic E-state index is 0.774. The monoisotopic (exact) mass is 377 g/mol. The third-order valence-electron chi connectivity index (χ3n) is 5.67. The van der Waals surface area contributed by atoms with Gasteiger partial charge in [-0.2, -0.15) is 5.26 Å². The zero-order valence-electron chi connectivity index (χ0n) is 16.6. The number of carbonyl (C=O) groups is 1. The summed E-state index contributed by atoms with van der Waals surface area (Å²) in [7, 11) is 0. The number of aryl methyl sites for hydroxylation is 3. The van der Waals surface area contributed by atoms with Gasteiger partial charge in [0, 0.05) is 0 Å². The second-order valence-electron chi connectivity index (χ2n) is 7.70. The molecule has 0 spiro atoms. The normalized spacial score (nSPS) is 14.7. The summed E-state index contributed by atoms with van der Waals surface area (Å²) in [6.45, 7) is 2.09. The summed E-state index contributed by atoms with van der Waals surface area (Å²) < 4.78 is 0. The summed E-state index contributed by atoms with van der Waals surface area (Å²) in [5, 5.41) is 9.48. The first-order valence-corrected chi connectivity index (χ1v) is 10.0. The fourth-order valence-electron chi connectivity index (χ4n) is 4.16. The molecular formula is C27H23NO. The van der Waals surface area contributed by atoms with Crippen LogP contribution in [0.1, 0.15) is 50.9 Å². The predicted molar refractivity (Wildman–Crippen MR) is 117 cm³/mol. The molecule has 4 rings (SSSR count). The smallest absolute Gasteiger partial charge is 0.143 e. The standard InChI is InChI=1S/C27H23NO/c1-19-8-9-22-14-21-10-11-25(18-28)23(16-21)6-2-4-20-5-3-7-24(15-20)26(12-13-29)27(19)17-22/h3,5,7-13,15-17H,2,4,6,14H2,1H3/b26-12-. The number of nitrogens with zero attached hydrogens (tertiary/aromatic N) is 1. The predicted octanol–water partition coefficient (Wildman–Crippen LogP) is 5.58. The highest BCUT2D eigenvalue weighted by Crippen LogP contribution is 2.29. The molecule has 142 valence electrons. The van der Waals surface area contributed by atoms with Crippen LogP contribution in [0.25, 0.3) is 5.57 Å². The zero-order valence-corrected chi connectivity index (χ0v) is 16.6. The summed E-state index contributed by atoms with van der Waals surface area (Å²) in [6.07, 6.45) is 6.17. The quantitative estimate of drug-likeness (QED) is 0.410. The maximum Gasteiger partial charge on any atom is 0.143 e. The number of hydrogen-bond acceptors (Lipinski definition) is 2. The molecule has 29 heavy (non-hydrogen) atoms. The number of fused-ring (bicyclic) bond motifs is 6. The van der Waals surface area contributed by atoms with E-state index in [4.69, 9.17) is 0 Å². The molecule has 2 nitrogen and oxygen atoms in total. The van der Waals surface area contributed by atoms with Crippen LogP contribution in [0.2, 0.25) is 0 Å². The molecule has 0 aromatic heterocycles. The third-order valence-corrected chi connectivity index (χ3v) is 5.67. The maximum absolute atomic E-state index is 11.4. The van der Waals surface area contributed by atoms with Crippen LogP contribution < -0.4 is 0 Å². The van der Waals surface area contributed by atoms with Crippen LogP contribution in [0.4, 0.5) is 0 Å². The number of rotatable bonds is 1.